The van der Waals surface area contributed by atoms with Crippen molar-refractivity contribution in [3.05, 3.63) is 82.2 Å². The summed E-state index contributed by atoms with van der Waals surface area (Å²) in [5.74, 6) is 1.78. The number of carbonyl (C=O) groups excluding carboxylic acids is 2. The number of aliphatic hydroxyl groups is 4. The van der Waals surface area contributed by atoms with E-state index in [1.807, 2.05) is 64.1 Å². The Morgan fingerprint density at radius 2 is 0.959 bits per heavy atom. The van der Waals surface area contributed by atoms with Crippen molar-refractivity contribution < 1.29 is 58.0 Å². The van der Waals surface area contributed by atoms with Crippen molar-refractivity contribution in [2.45, 2.75) is 124 Å². The number of pyridine rings is 2. The fourth-order valence-corrected chi connectivity index (χ4v) is 8.39. The van der Waals surface area contributed by atoms with Crippen molar-refractivity contribution in [3.63, 3.8) is 0 Å². The molecule has 2 amide bonds. The van der Waals surface area contributed by atoms with Gasteiger partial charge >= 0.3 is 0 Å². The van der Waals surface area contributed by atoms with Gasteiger partial charge in [-0.2, -0.15) is 9.97 Å². The largest absolute Gasteiger partial charge is 0.497 e. The van der Waals surface area contributed by atoms with Gasteiger partial charge in [-0.3, -0.25) is 9.59 Å². The molecule has 20 heteroatoms. The minimum Gasteiger partial charge on any atom is -0.497 e. The number of benzene rings is 2. The summed E-state index contributed by atoms with van der Waals surface area (Å²) in [6, 6.07) is 14.7. The number of hydrogen-bond donors (Lipinski definition) is 6. The van der Waals surface area contributed by atoms with Gasteiger partial charge in [0, 0.05) is 71.7 Å². The molecule has 0 aliphatic carbocycles. The fraction of sp³-hybridized carbons (Fsp3) is 0.472. The lowest BCUT2D eigenvalue weighted by molar-refractivity contribution is -0.146. The number of rotatable bonds is 26. The number of aryl methyl sites for hydroxylation is 4. The molecule has 6 N–H and O–H groups in total. The first kappa shape index (κ1) is 55.3. The number of nitrogens with one attached hydrogen (secondary N) is 2. The van der Waals surface area contributed by atoms with Gasteiger partial charge in [-0.05, 0) is 99.4 Å². The minimum absolute atomic E-state index is 0.232. The molecule has 4 atom stereocenters. The summed E-state index contributed by atoms with van der Waals surface area (Å²) >= 11 is 0. The second-order valence-corrected chi connectivity index (χ2v) is 17.9. The molecule has 392 valence electrons. The normalized spacial score (nSPS) is 13.2. The number of nitrogens with zero attached hydrogens (tertiary/aromatic N) is 6. The Hall–Kier alpha value is -7.00. The average molecular weight is 1010 g/mol. The molecule has 0 bridgehead atoms. The average Bonchev–Trinajstić information content (AvgIpc) is 4.11. The van der Waals surface area contributed by atoms with E-state index in [9.17, 15) is 30.0 Å². The Bertz CT molecular complexity index is 2780. The number of aliphatic hydroxyl groups excluding tert-OH is 4. The summed E-state index contributed by atoms with van der Waals surface area (Å²) in [5, 5.41) is 55.4. The second kappa shape index (κ2) is 25.6. The number of aromatic nitrogens is 6. The summed E-state index contributed by atoms with van der Waals surface area (Å²) in [6.07, 6.45) is -2.58. The summed E-state index contributed by atoms with van der Waals surface area (Å²) in [6.45, 7) is 14.7. The highest BCUT2D eigenvalue weighted by atomic mass is 16.5. The van der Waals surface area contributed by atoms with Crippen LogP contribution in [0.1, 0.15) is 106 Å². The van der Waals surface area contributed by atoms with Crippen LogP contribution < -0.4 is 29.6 Å². The molecule has 20 nitrogen and oxygen atoms in total. The minimum atomic E-state index is -2.18. The van der Waals surface area contributed by atoms with Crippen LogP contribution in [0.5, 0.6) is 23.0 Å². The van der Waals surface area contributed by atoms with Crippen LogP contribution in [0.3, 0.4) is 0 Å². The van der Waals surface area contributed by atoms with Crippen LogP contribution in [0.4, 0.5) is 0 Å². The molecule has 0 radical (unpaired) electrons. The molecule has 6 aromatic rings. The molecule has 0 aliphatic rings. The van der Waals surface area contributed by atoms with Crippen molar-refractivity contribution >= 4 is 11.8 Å². The van der Waals surface area contributed by atoms with E-state index in [1.165, 1.54) is 0 Å². The van der Waals surface area contributed by atoms with Crippen LogP contribution in [0, 0.1) is 20.8 Å². The summed E-state index contributed by atoms with van der Waals surface area (Å²) in [5.41, 5.74) is 7.12. The van der Waals surface area contributed by atoms with Crippen LogP contribution in [0.25, 0.3) is 45.9 Å². The van der Waals surface area contributed by atoms with Crippen LogP contribution in [-0.4, -0.2) is 127 Å². The van der Waals surface area contributed by atoms with E-state index in [-0.39, 0.29) is 49.9 Å². The van der Waals surface area contributed by atoms with E-state index >= 15 is 0 Å². The smallest absolute Gasteiger partial charge is 0.276 e. The zero-order chi connectivity index (χ0) is 52.9. The van der Waals surface area contributed by atoms with Crippen molar-refractivity contribution in [1.29, 1.82) is 0 Å². The van der Waals surface area contributed by atoms with Crippen LogP contribution in [0.2, 0.25) is 0 Å². The quantitative estimate of drug-likeness (QED) is 0.0345. The molecule has 73 heavy (non-hydrogen) atoms. The van der Waals surface area contributed by atoms with Crippen molar-refractivity contribution in [2.75, 3.05) is 40.5 Å². The van der Waals surface area contributed by atoms with Crippen LogP contribution in [0.15, 0.2) is 57.6 Å². The van der Waals surface area contributed by atoms with Gasteiger partial charge < -0.3 is 59.1 Å². The monoisotopic (exact) mass is 1010 g/mol. The van der Waals surface area contributed by atoms with E-state index in [1.54, 1.807) is 26.4 Å². The topological polar surface area (TPSA) is 280 Å². The first-order valence-corrected chi connectivity index (χ1v) is 24.6. The number of methoxy groups -OCH3 is 2. The van der Waals surface area contributed by atoms with Crippen molar-refractivity contribution in [1.82, 2.24) is 40.9 Å². The molecule has 0 aliphatic heterocycles. The number of hydrogen-bond acceptors (Lipinski definition) is 18. The predicted octanol–water partition coefficient (Wildman–Crippen LogP) is 6.36. The van der Waals surface area contributed by atoms with Gasteiger partial charge in [0.25, 0.3) is 23.6 Å². The molecule has 0 saturated heterocycles. The summed E-state index contributed by atoms with van der Waals surface area (Å²) < 4.78 is 34.2. The zero-order valence-electron chi connectivity index (χ0n) is 43.2. The van der Waals surface area contributed by atoms with Crippen LogP contribution >= 0.6 is 0 Å². The summed E-state index contributed by atoms with van der Waals surface area (Å²) in [4.78, 5) is 44.3. The Morgan fingerprint density at radius 3 is 1.36 bits per heavy atom. The number of ether oxygens (including phenoxy) is 4. The van der Waals surface area contributed by atoms with E-state index in [2.05, 4.69) is 58.6 Å². The van der Waals surface area contributed by atoms with Crippen molar-refractivity contribution in [3.8, 4) is 68.9 Å². The van der Waals surface area contributed by atoms with Gasteiger partial charge in [-0.25, -0.2) is 9.97 Å². The standard InChI is InChI=1S/C53H68N8O12/c1-11-31(12-2)40-20-38(68-9)22-42(56-40)52-58-48(60-72-52)34-16-28(6)46(29(7)17-34)70-26-36(62)24-54-50(66)44(64)45(65)51(67)55-25-37(63)27-71-47-30(8)18-35(19-33(47)15-5)49-59-53(73-61-49)43-23-39(69-10)21-41(57-43)32(13-3)14-4/h16-23,31-32,36-37,44-45,62-65H,11-15,24-27H2,1-10H3,(H,54,66)(H,55,67). The van der Waals surface area contributed by atoms with Gasteiger partial charge in [0.2, 0.25) is 11.6 Å². The lowest BCUT2D eigenvalue weighted by Crippen LogP contribution is -2.52. The molecule has 2 aromatic carbocycles. The molecular weight excluding hydrogens is 941 g/mol. The van der Waals surface area contributed by atoms with Crippen molar-refractivity contribution in [2.24, 2.45) is 0 Å². The molecule has 4 heterocycles. The van der Waals surface area contributed by atoms with E-state index in [4.69, 9.17) is 38.0 Å². The molecule has 4 unspecified atom stereocenters. The molecule has 0 fully saturated rings. The Labute approximate surface area is 424 Å². The first-order valence-electron chi connectivity index (χ1n) is 24.6. The third-order valence-corrected chi connectivity index (χ3v) is 12.6. The van der Waals surface area contributed by atoms with E-state index in [0.717, 1.165) is 59.3 Å². The highest BCUT2D eigenvalue weighted by molar-refractivity contribution is 5.90. The lowest BCUT2D eigenvalue weighted by Gasteiger charge is -2.21. The summed E-state index contributed by atoms with van der Waals surface area (Å²) in [7, 11) is 3.19. The molecule has 0 spiro atoms. The third kappa shape index (κ3) is 13.7. The fourth-order valence-electron chi connectivity index (χ4n) is 8.39. The zero-order valence-corrected chi connectivity index (χ0v) is 43.2. The van der Waals surface area contributed by atoms with Gasteiger partial charge in [0.1, 0.15) is 59.8 Å². The highest BCUT2D eigenvalue weighted by Gasteiger charge is 2.31. The van der Waals surface area contributed by atoms with Gasteiger partial charge in [0.15, 0.2) is 12.2 Å². The van der Waals surface area contributed by atoms with Gasteiger partial charge in [-0.15, -0.1) is 0 Å². The molecule has 0 saturated carbocycles. The third-order valence-electron chi connectivity index (χ3n) is 12.6. The SMILES string of the molecule is CCc1cc(-c2noc(-c3cc(OC)cc(C(CC)CC)n3)n2)cc(C)c1OCC(O)CNC(=O)C(O)C(O)C(=O)NCC(O)COc1c(C)cc(-c2noc(-c3cc(OC)cc(C(CC)CC)n3)n2)cc1C. The Balaban J connectivity index is 0.957. The number of amides is 2. The van der Waals surface area contributed by atoms with E-state index in [0.29, 0.717) is 63.6 Å². The molecular formula is C53H68N8O12. The van der Waals surface area contributed by atoms with Gasteiger partial charge in [0.05, 0.1) is 14.2 Å². The maximum Gasteiger partial charge on any atom is 0.276 e. The predicted molar refractivity (Wildman–Crippen MR) is 270 cm³/mol. The van der Waals surface area contributed by atoms with Gasteiger partial charge in [-0.1, -0.05) is 44.9 Å². The number of carbonyl (C=O) groups is 2. The first-order chi connectivity index (χ1) is 35.0. The Morgan fingerprint density at radius 1 is 0.562 bits per heavy atom. The second-order valence-electron chi connectivity index (χ2n) is 17.9. The molecule has 4 aromatic heterocycles. The van der Waals surface area contributed by atoms with Crippen LogP contribution in [-0.2, 0) is 16.0 Å². The maximum atomic E-state index is 12.7. The highest BCUT2D eigenvalue weighted by Crippen LogP contribution is 2.35. The Kier molecular flexibility index (Phi) is 19.4. The molecule has 6 rings (SSSR count). The van der Waals surface area contributed by atoms with E-state index < -0.39 is 36.2 Å². The lowest BCUT2D eigenvalue weighted by atomic mass is 9.98. The maximum absolute atomic E-state index is 12.7.